The van der Waals surface area contributed by atoms with Gasteiger partial charge in [-0.25, -0.2) is 0 Å². The number of hydrazone groups is 1. The lowest BCUT2D eigenvalue weighted by Gasteiger charge is -2.37. The van der Waals surface area contributed by atoms with E-state index in [-0.39, 0.29) is 35.5 Å². The van der Waals surface area contributed by atoms with Gasteiger partial charge in [0.1, 0.15) is 6.61 Å². The first-order valence-electron chi connectivity index (χ1n) is 12.6. The zero-order chi connectivity index (χ0) is 24.6. The van der Waals surface area contributed by atoms with Crippen LogP contribution in [0.5, 0.6) is 11.5 Å². The van der Waals surface area contributed by atoms with Crippen LogP contribution in [0.25, 0.3) is 10.8 Å². The number of carbonyl (C=O) groups is 2. The third-order valence-corrected chi connectivity index (χ3v) is 7.59. The van der Waals surface area contributed by atoms with Gasteiger partial charge in [-0.15, -0.1) is 0 Å². The van der Waals surface area contributed by atoms with Crippen LogP contribution in [-0.4, -0.2) is 29.6 Å². The number of carbonyl (C=O) groups excluding carboxylic acids is 2. The maximum absolute atomic E-state index is 13.0. The van der Waals surface area contributed by atoms with Gasteiger partial charge in [0, 0.05) is 0 Å². The topological polar surface area (TPSA) is 68.2 Å². The normalized spacial score (nSPS) is 24.6. The Kier molecular flexibility index (Phi) is 5.80. The Morgan fingerprint density at radius 3 is 2.33 bits per heavy atom. The van der Waals surface area contributed by atoms with E-state index in [0.29, 0.717) is 24.7 Å². The van der Waals surface area contributed by atoms with Crippen molar-refractivity contribution in [3.8, 4) is 11.5 Å². The molecule has 3 aromatic rings. The van der Waals surface area contributed by atoms with E-state index in [1.807, 2.05) is 43.3 Å². The van der Waals surface area contributed by atoms with Crippen molar-refractivity contribution in [2.45, 2.75) is 26.4 Å². The van der Waals surface area contributed by atoms with Gasteiger partial charge in [0.05, 0.1) is 24.7 Å². The van der Waals surface area contributed by atoms with Crippen LogP contribution < -0.4 is 9.47 Å². The van der Waals surface area contributed by atoms with Crippen molar-refractivity contribution in [2.24, 2.45) is 28.8 Å². The minimum Gasteiger partial charge on any atom is -0.490 e. The van der Waals surface area contributed by atoms with Crippen LogP contribution in [0.2, 0.25) is 0 Å². The number of fused-ring (bicyclic) bond motifs is 2. The van der Waals surface area contributed by atoms with Gasteiger partial charge in [-0.3, -0.25) is 9.59 Å². The number of ether oxygens (including phenoxy) is 2. The molecule has 1 aliphatic heterocycles. The summed E-state index contributed by atoms with van der Waals surface area (Å²) in [5.74, 6) is 0.643. The van der Waals surface area contributed by atoms with E-state index < -0.39 is 0 Å². The molecule has 0 spiro atoms. The molecule has 3 aromatic carbocycles. The van der Waals surface area contributed by atoms with Crippen molar-refractivity contribution < 1.29 is 19.1 Å². The molecule has 4 atom stereocenters. The second kappa shape index (κ2) is 9.26. The average Bonchev–Trinajstić information content (AvgIpc) is 3.19. The second-order valence-electron chi connectivity index (χ2n) is 9.64. The summed E-state index contributed by atoms with van der Waals surface area (Å²) in [6.45, 7) is 2.80. The van der Waals surface area contributed by atoms with Crippen LogP contribution in [-0.2, 0) is 16.2 Å². The number of hydrogen-bond donors (Lipinski definition) is 0. The van der Waals surface area contributed by atoms with E-state index in [2.05, 4.69) is 41.5 Å². The SMILES string of the molecule is CCOc1cc(/C=N/N2C(=O)C3C4C=CC(CC4)C3C2=O)ccc1OCc1cccc2ccccc12. The summed E-state index contributed by atoms with van der Waals surface area (Å²) < 4.78 is 12.0. The molecule has 0 aromatic heterocycles. The summed E-state index contributed by atoms with van der Waals surface area (Å²) >= 11 is 0. The van der Waals surface area contributed by atoms with Gasteiger partial charge in [-0.2, -0.15) is 10.1 Å². The molecule has 1 saturated carbocycles. The van der Waals surface area contributed by atoms with Crippen molar-refractivity contribution in [2.75, 3.05) is 6.61 Å². The molecule has 7 rings (SSSR count). The van der Waals surface area contributed by atoms with Crippen molar-refractivity contribution in [3.63, 3.8) is 0 Å². The van der Waals surface area contributed by atoms with E-state index in [4.69, 9.17) is 9.47 Å². The number of hydrogen-bond acceptors (Lipinski definition) is 5. The molecular weight excluding hydrogens is 452 g/mol. The van der Waals surface area contributed by atoms with Crippen molar-refractivity contribution in [1.29, 1.82) is 0 Å². The molecule has 36 heavy (non-hydrogen) atoms. The molecule has 0 N–H and O–H groups in total. The van der Waals surface area contributed by atoms with E-state index >= 15 is 0 Å². The second-order valence-corrected chi connectivity index (χ2v) is 9.64. The largest absolute Gasteiger partial charge is 0.490 e. The fourth-order valence-electron chi connectivity index (χ4n) is 5.86. The first-order chi connectivity index (χ1) is 17.6. The van der Waals surface area contributed by atoms with Crippen LogP contribution in [0, 0.1) is 23.7 Å². The van der Waals surface area contributed by atoms with Crippen molar-refractivity contribution in [3.05, 3.63) is 83.9 Å². The molecule has 2 fully saturated rings. The molecule has 6 heteroatoms. The lowest BCUT2D eigenvalue weighted by atomic mass is 9.63. The molecule has 0 radical (unpaired) electrons. The third-order valence-electron chi connectivity index (χ3n) is 7.59. The minimum atomic E-state index is -0.262. The van der Waals surface area contributed by atoms with Crippen LogP contribution >= 0.6 is 0 Å². The van der Waals surface area contributed by atoms with Gasteiger partial charge in [0.25, 0.3) is 11.8 Å². The summed E-state index contributed by atoms with van der Waals surface area (Å²) in [6, 6.07) is 19.9. The predicted molar refractivity (Wildman–Crippen MR) is 138 cm³/mol. The minimum absolute atomic E-state index is 0.152. The highest BCUT2D eigenvalue weighted by atomic mass is 16.5. The summed E-state index contributed by atoms with van der Waals surface area (Å²) in [6.07, 6.45) is 7.71. The molecule has 2 amide bonds. The summed E-state index contributed by atoms with van der Waals surface area (Å²) in [5.41, 5.74) is 1.82. The quantitative estimate of drug-likeness (QED) is 0.260. The highest BCUT2D eigenvalue weighted by molar-refractivity contribution is 6.06. The lowest BCUT2D eigenvalue weighted by Crippen LogP contribution is -2.38. The maximum atomic E-state index is 13.0. The summed E-state index contributed by atoms with van der Waals surface area (Å²) in [5, 5.41) is 7.73. The number of imide groups is 1. The van der Waals surface area contributed by atoms with Crippen LogP contribution in [0.15, 0.2) is 77.9 Å². The lowest BCUT2D eigenvalue weighted by molar-refractivity contribution is -0.140. The first-order valence-corrected chi connectivity index (χ1v) is 12.6. The predicted octanol–water partition coefficient (Wildman–Crippen LogP) is 5.35. The number of allylic oxidation sites excluding steroid dienone is 2. The van der Waals surface area contributed by atoms with E-state index in [1.54, 1.807) is 6.21 Å². The molecule has 3 aliphatic carbocycles. The molecule has 2 bridgehead atoms. The fourth-order valence-corrected chi connectivity index (χ4v) is 5.86. The first kappa shape index (κ1) is 22.5. The van der Waals surface area contributed by atoms with Gasteiger partial charge in [0.15, 0.2) is 11.5 Å². The third kappa shape index (κ3) is 3.87. The van der Waals surface area contributed by atoms with E-state index in [0.717, 1.165) is 34.4 Å². The zero-order valence-electron chi connectivity index (χ0n) is 20.2. The van der Waals surface area contributed by atoms with Gasteiger partial charge in [0.2, 0.25) is 0 Å². The average molecular weight is 481 g/mol. The highest BCUT2D eigenvalue weighted by Gasteiger charge is 2.56. The molecule has 182 valence electrons. The molecule has 6 nitrogen and oxygen atoms in total. The van der Waals surface area contributed by atoms with Crippen LogP contribution in [0.3, 0.4) is 0 Å². The van der Waals surface area contributed by atoms with Gasteiger partial charge in [-0.1, -0.05) is 54.6 Å². The Hall–Kier alpha value is -3.93. The highest BCUT2D eigenvalue weighted by Crippen LogP contribution is 2.49. The van der Waals surface area contributed by atoms with Crippen LogP contribution in [0.4, 0.5) is 0 Å². The Labute approximate surface area is 210 Å². The standard InChI is InChI=1S/C30H28N2O4/c1-2-35-26-16-19(10-15-25(26)36-18-23-8-5-7-20-6-3-4-9-24(20)23)17-31-32-29(33)27-21-11-12-22(14-13-21)28(27)30(32)34/h3-12,15-17,21-22,27-28H,2,13-14,18H2,1H3/b31-17+. The van der Waals surface area contributed by atoms with Gasteiger partial charge >= 0.3 is 0 Å². The number of nitrogens with zero attached hydrogens (tertiary/aromatic N) is 2. The number of amides is 2. The smallest absolute Gasteiger partial charge is 0.254 e. The maximum Gasteiger partial charge on any atom is 0.254 e. The molecular formula is C30H28N2O4. The van der Waals surface area contributed by atoms with Crippen molar-refractivity contribution in [1.82, 2.24) is 5.01 Å². The Morgan fingerprint density at radius 1 is 0.889 bits per heavy atom. The van der Waals surface area contributed by atoms with Crippen LogP contribution in [0.1, 0.15) is 30.9 Å². The van der Waals surface area contributed by atoms with Gasteiger partial charge in [-0.05, 0) is 71.7 Å². The van der Waals surface area contributed by atoms with E-state index in [9.17, 15) is 9.59 Å². The monoisotopic (exact) mass is 480 g/mol. The van der Waals surface area contributed by atoms with Crippen molar-refractivity contribution >= 4 is 28.8 Å². The summed E-state index contributed by atoms with van der Waals surface area (Å²) in [7, 11) is 0. The number of rotatable bonds is 7. The molecule has 4 aliphatic rings. The molecule has 1 saturated heterocycles. The Balaban J connectivity index is 1.20. The summed E-state index contributed by atoms with van der Waals surface area (Å²) in [4.78, 5) is 26.0. The zero-order valence-corrected chi connectivity index (χ0v) is 20.2. The Morgan fingerprint density at radius 2 is 1.61 bits per heavy atom. The number of benzene rings is 3. The molecule has 4 unspecified atom stereocenters. The Bertz CT molecular complexity index is 1360. The molecule has 1 heterocycles. The van der Waals surface area contributed by atoms with E-state index in [1.165, 1.54) is 5.39 Å². The fraction of sp³-hybridized carbons (Fsp3) is 0.300. The van der Waals surface area contributed by atoms with Gasteiger partial charge < -0.3 is 9.47 Å².